The number of rotatable bonds is 7. The van der Waals surface area contributed by atoms with Crippen molar-refractivity contribution in [1.82, 2.24) is 19.9 Å². The Morgan fingerprint density at radius 2 is 2.14 bits per heavy atom. The minimum atomic E-state index is -1.13. The van der Waals surface area contributed by atoms with Gasteiger partial charge in [-0.1, -0.05) is 6.07 Å². The maximum atomic E-state index is 12.9. The number of carbonyl (C=O) groups is 3. The zero-order chi connectivity index (χ0) is 20.4. The van der Waals surface area contributed by atoms with E-state index < -0.39 is 23.6 Å². The van der Waals surface area contributed by atoms with Crippen molar-refractivity contribution in [2.24, 2.45) is 5.73 Å². The summed E-state index contributed by atoms with van der Waals surface area (Å²) in [5, 5.41) is 5.25. The van der Waals surface area contributed by atoms with Crippen molar-refractivity contribution in [3.05, 3.63) is 65.9 Å². The summed E-state index contributed by atoms with van der Waals surface area (Å²) in [4.78, 5) is 45.6. The molecule has 146 valence electrons. The van der Waals surface area contributed by atoms with Crippen LogP contribution in [-0.2, 0) is 16.0 Å². The number of nitrogens with zero attached hydrogens (tertiary/aromatic N) is 3. The first-order chi connectivity index (χ1) is 14.0. The molecule has 4 aromatic heterocycles. The van der Waals surface area contributed by atoms with Gasteiger partial charge < -0.3 is 15.5 Å². The Bertz CT molecular complexity index is 1190. The molecule has 10 heteroatoms. The third-order valence-electron chi connectivity index (χ3n) is 4.34. The summed E-state index contributed by atoms with van der Waals surface area (Å²) in [7, 11) is 0. The number of thiophene rings is 1. The topological polar surface area (TPSA) is 133 Å². The van der Waals surface area contributed by atoms with E-state index in [1.807, 2.05) is 5.38 Å². The van der Waals surface area contributed by atoms with Crippen molar-refractivity contribution in [1.29, 1.82) is 0 Å². The Balaban J connectivity index is 1.61. The summed E-state index contributed by atoms with van der Waals surface area (Å²) >= 11 is 1.37. The first-order valence-electron chi connectivity index (χ1n) is 8.56. The van der Waals surface area contributed by atoms with Crippen LogP contribution in [0.15, 0.2) is 59.0 Å². The highest BCUT2D eigenvalue weighted by atomic mass is 32.1. The Morgan fingerprint density at radius 3 is 2.90 bits per heavy atom. The molecule has 1 unspecified atom stereocenters. The van der Waals surface area contributed by atoms with Crippen molar-refractivity contribution < 1.29 is 18.8 Å². The SMILES string of the molecule is NC(=O)C(=O)C(Cc1csc2occc12)NC(=O)c1cncn1-c1ccccn1. The molecule has 0 saturated heterocycles. The zero-order valence-electron chi connectivity index (χ0n) is 14.9. The van der Waals surface area contributed by atoms with Crippen molar-refractivity contribution in [3.63, 3.8) is 0 Å². The molecular weight excluding hydrogens is 394 g/mol. The summed E-state index contributed by atoms with van der Waals surface area (Å²) in [5.74, 6) is -2.09. The smallest absolute Gasteiger partial charge is 0.287 e. The molecule has 0 aliphatic heterocycles. The van der Waals surface area contributed by atoms with E-state index >= 15 is 0 Å². The maximum Gasteiger partial charge on any atom is 0.287 e. The zero-order valence-corrected chi connectivity index (χ0v) is 15.8. The van der Waals surface area contributed by atoms with Gasteiger partial charge in [0.2, 0.25) is 5.78 Å². The second kappa shape index (κ2) is 7.68. The molecule has 0 saturated carbocycles. The number of amides is 2. The number of ketones is 1. The molecule has 0 radical (unpaired) electrons. The molecule has 0 spiro atoms. The third kappa shape index (κ3) is 3.65. The number of primary amides is 1. The van der Waals surface area contributed by atoms with Gasteiger partial charge in [-0.05, 0) is 29.1 Å². The second-order valence-electron chi connectivity index (χ2n) is 6.18. The van der Waals surface area contributed by atoms with Crippen LogP contribution in [0.4, 0.5) is 0 Å². The Kier molecular flexibility index (Phi) is 4.92. The van der Waals surface area contributed by atoms with Gasteiger partial charge in [0.25, 0.3) is 11.8 Å². The minimum Gasteiger partial charge on any atom is -0.454 e. The molecule has 0 aliphatic rings. The van der Waals surface area contributed by atoms with Gasteiger partial charge >= 0.3 is 0 Å². The summed E-state index contributed by atoms with van der Waals surface area (Å²) in [5.41, 5.74) is 6.14. The van der Waals surface area contributed by atoms with Crippen LogP contribution in [0, 0.1) is 0 Å². The van der Waals surface area contributed by atoms with Gasteiger partial charge in [-0.2, -0.15) is 0 Å². The lowest BCUT2D eigenvalue weighted by atomic mass is 10.0. The normalized spacial score (nSPS) is 12.0. The van der Waals surface area contributed by atoms with E-state index in [9.17, 15) is 14.4 Å². The molecule has 4 heterocycles. The van der Waals surface area contributed by atoms with Gasteiger partial charge in [-0.15, -0.1) is 11.3 Å². The molecule has 29 heavy (non-hydrogen) atoms. The van der Waals surface area contributed by atoms with Crippen LogP contribution < -0.4 is 11.1 Å². The number of nitrogens with one attached hydrogen (secondary N) is 1. The average Bonchev–Trinajstić information content (AvgIpc) is 3.45. The number of hydrogen-bond donors (Lipinski definition) is 2. The standard InChI is InChI=1S/C19H15N5O4S/c20-17(26)16(25)13(7-11-9-29-19-12(11)4-6-28-19)23-18(27)14-8-21-10-24(14)15-3-1-2-5-22-15/h1-6,8-10,13H,7H2,(H2,20,26)(H,23,27). The van der Waals surface area contributed by atoms with Crippen LogP contribution >= 0.6 is 11.3 Å². The number of Topliss-reactive ketones (excluding diaryl/α,β-unsaturated/α-hetero) is 1. The van der Waals surface area contributed by atoms with E-state index in [4.69, 9.17) is 10.2 Å². The molecule has 1 atom stereocenters. The summed E-state index contributed by atoms with van der Waals surface area (Å²) in [6.07, 6.45) is 6.03. The Hall–Kier alpha value is -3.79. The number of pyridine rings is 1. The fourth-order valence-corrected chi connectivity index (χ4v) is 3.86. The largest absolute Gasteiger partial charge is 0.454 e. The number of nitrogens with two attached hydrogens (primary N) is 1. The van der Waals surface area contributed by atoms with Crippen molar-refractivity contribution in [2.45, 2.75) is 12.5 Å². The second-order valence-corrected chi connectivity index (χ2v) is 7.02. The summed E-state index contributed by atoms with van der Waals surface area (Å²) in [6.45, 7) is 0. The first-order valence-corrected chi connectivity index (χ1v) is 9.44. The van der Waals surface area contributed by atoms with E-state index in [-0.39, 0.29) is 12.1 Å². The van der Waals surface area contributed by atoms with Gasteiger partial charge in [0.1, 0.15) is 23.9 Å². The molecule has 2 amide bonds. The minimum absolute atomic E-state index is 0.102. The van der Waals surface area contributed by atoms with Crippen LogP contribution in [-0.4, -0.2) is 38.2 Å². The lowest BCUT2D eigenvalue weighted by molar-refractivity contribution is -0.137. The van der Waals surface area contributed by atoms with Crippen LogP contribution in [0.1, 0.15) is 16.1 Å². The van der Waals surface area contributed by atoms with Crippen LogP contribution in [0.2, 0.25) is 0 Å². The molecule has 0 fully saturated rings. The van der Waals surface area contributed by atoms with Crippen LogP contribution in [0.25, 0.3) is 16.1 Å². The monoisotopic (exact) mass is 409 g/mol. The number of carbonyl (C=O) groups excluding carboxylic acids is 3. The molecule has 9 nitrogen and oxygen atoms in total. The van der Waals surface area contributed by atoms with Gasteiger partial charge in [0, 0.05) is 18.0 Å². The lowest BCUT2D eigenvalue weighted by Crippen LogP contribution is -2.47. The van der Waals surface area contributed by atoms with E-state index in [0.29, 0.717) is 10.7 Å². The molecule has 0 aromatic carbocycles. The van der Waals surface area contributed by atoms with Gasteiger partial charge in [0.15, 0.2) is 4.90 Å². The molecule has 0 aliphatic carbocycles. The van der Waals surface area contributed by atoms with Gasteiger partial charge in [0.05, 0.1) is 12.5 Å². The number of imidazole rings is 1. The molecular formula is C19H15N5O4S. The van der Waals surface area contributed by atoms with E-state index in [1.54, 1.807) is 36.7 Å². The van der Waals surface area contributed by atoms with Crippen molar-refractivity contribution in [2.75, 3.05) is 0 Å². The van der Waals surface area contributed by atoms with Gasteiger partial charge in [-0.3, -0.25) is 19.0 Å². The van der Waals surface area contributed by atoms with Crippen LogP contribution in [0.5, 0.6) is 0 Å². The quantitative estimate of drug-likeness (QED) is 0.444. The number of hydrogen-bond acceptors (Lipinski definition) is 7. The van der Waals surface area contributed by atoms with Crippen molar-refractivity contribution in [3.8, 4) is 5.82 Å². The third-order valence-corrected chi connectivity index (χ3v) is 5.27. The molecule has 0 bridgehead atoms. The predicted molar refractivity (Wildman–Crippen MR) is 105 cm³/mol. The molecule has 3 N–H and O–H groups in total. The highest BCUT2D eigenvalue weighted by molar-refractivity contribution is 7.16. The number of aromatic nitrogens is 3. The maximum absolute atomic E-state index is 12.9. The van der Waals surface area contributed by atoms with E-state index in [1.165, 1.54) is 28.4 Å². The first kappa shape index (κ1) is 18.6. The predicted octanol–water partition coefficient (Wildman–Crippen LogP) is 1.47. The summed E-state index contributed by atoms with van der Waals surface area (Å²) in [6, 6.07) is 5.88. The number of furan rings is 1. The number of fused-ring (bicyclic) bond motifs is 1. The summed E-state index contributed by atoms with van der Waals surface area (Å²) < 4.78 is 6.81. The van der Waals surface area contributed by atoms with Gasteiger partial charge in [-0.25, -0.2) is 9.97 Å². The fraction of sp³-hybridized carbons (Fsp3) is 0.105. The van der Waals surface area contributed by atoms with Crippen molar-refractivity contribution >= 4 is 39.2 Å². The fourth-order valence-electron chi connectivity index (χ4n) is 2.95. The molecule has 4 rings (SSSR count). The van der Waals surface area contributed by atoms with E-state index in [2.05, 4.69) is 15.3 Å². The van der Waals surface area contributed by atoms with Crippen LogP contribution in [0.3, 0.4) is 0 Å². The van der Waals surface area contributed by atoms with E-state index in [0.717, 1.165) is 10.9 Å². The molecule has 4 aromatic rings. The highest BCUT2D eigenvalue weighted by Gasteiger charge is 2.28. The Labute approximate surface area is 168 Å². The average molecular weight is 409 g/mol. The lowest BCUT2D eigenvalue weighted by Gasteiger charge is -2.16. The Morgan fingerprint density at radius 1 is 1.28 bits per heavy atom. The highest BCUT2D eigenvalue weighted by Crippen LogP contribution is 2.28.